The van der Waals surface area contributed by atoms with Gasteiger partial charge in [-0.05, 0) is 57.0 Å². The summed E-state index contributed by atoms with van der Waals surface area (Å²) in [6.45, 7) is 5.84. The van der Waals surface area contributed by atoms with E-state index in [0.717, 1.165) is 17.6 Å². The van der Waals surface area contributed by atoms with E-state index in [0.29, 0.717) is 6.42 Å². The molecular formula is C30H33NO10. The second kappa shape index (κ2) is 10.3. The number of primary amides is 1. The van der Waals surface area contributed by atoms with Gasteiger partial charge in [-0.3, -0.25) is 14.4 Å². The molecule has 3 atom stereocenters. The number of allylic oxidation sites excluding steroid dienone is 4. The van der Waals surface area contributed by atoms with E-state index < -0.39 is 69.6 Å². The number of carbonyl (C=O) groups is 3. The predicted octanol–water partition coefficient (Wildman–Crippen LogP) is 2.46. The monoisotopic (exact) mass is 567 g/mol. The Bertz CT molecular complexity index is 1600. The van der Waals surface area contributed by atoms with Crippen molar-refractivity contribution in [1.82, 2.24) is 0 Å². The number of hydrogen-bond donors (Lipinski definition) is 7. The Morgan fingerprint density at radius 2 is 1.78 bits per heavy atom. The Morgan fingerprint density at radius 3 is 2.37 bits per heavy atom. The lowest BCUT2D eigenvalue weighted by Crippen LogP contribution is -2.69. The summed E-state index contributed by atoms with van der Waals surface area (Å²) >= 11 is 0. The molecule has 2 aromatic carbocycles. The van der Waals surface area contributed by atoms with Crippen molar-refractivity contribution >= 4 is 28.2 Å². The number of ketones is 2. The molecule has 0 saturated carbocycles. The number of phenols is 2. The van der Waals surface area contributed by atoms with E-state index in [-0.39, 0.29) is 34.1 Å². The van der Waals surface area contributed by atoms with Gasteiger partial charge in [-0.2, -0.15) is 0 Å². The van der Waals surface area contributed by atoms with Crippen LogP contribution >= 0.6 is 0 Å². The Morgan fingerprint density at radius 1 is 1.12 bits per heavy atom. The largest absolute Gasteiger partial charge is 0.508 e. The predicted molar refractivity (Wildman–Crippen MR) is 148 cm³/mol. The lowest BCUT2D eigenvalue weighted by Gasteiger charge is -2.50. The van der Waals surface area contributed by atoms with E-state index in [2.05, 4.69) is 6.08 Å². The van der Waals surface area contributed by atoms with E-state index in [1.165, 1.54) is 19.2 Å². The summed E-state index contributed by atoms with van der Waals surface area (Å²) in [5, 5.41) is 67.6. The maximum absolute atomic E-state index is 13.9. The van der Waals surface area contributed by atoms with Crippen molar-refractivity contribution in [1.29, 1.82) is 0 Å². The van der Waals surface area contributed by atoms with Gasteiger partial charge in [0, 0.05) is 18.1 Å². The number of fused-ring (bicyclic) bond motifs is 3. The van der Waals surface area contributed by atoms with E-state index in [1.54, 1.807) is 0 Å². The standard InChI is InChI=1S/C30H33NO10/c1-13(2)6-5-7-14(3)8-9-16-17-10-15(41-4)11-18(32)20(17)24(34)23-21(16)25(35)29(39)12-19(33)22(28(31)38)26(36)30(29,40)27(23)37/h6,8,10-11,25,32,34-36,39-40H,5,7,9,12H2,1-4H3,(H2,31,38)/t25-,29-,30+/m0/s1. The van der Waals surface area contributed by atoms with Crippen LogP contribution < -0.4 is 10.5 Å². The van der Waals surface area contributed by atoms with Gasteiger partial charge in [0.25, 0.3) is 5.91 Å². The van der Waals surface area contributed by atoms with Crippen LogP contribution in [0.1, 0.15) is 67.6 Å². The highest BCUT2D eigenvalue weighted by atomic mass is 16.5. The molecule has 0 aromatic heterocycles. The fourth-order valence-corrected chi connectivity index (χ4v) is 5.72. The summed E-state index contributed by atoms with van der Waals surface area (Å²) in [5.41, 5.74) is -1.09. The number of aromatic hydroxyl groups is 2. The van der Waals surface area contributed by atoms with Crippen LogP contribution in [-0.2, 0) is 16.0 Å². The van der Waals surface area contributed by atoms with Gasteiger partial charge in [0.2, 0.25) is 11.4 Å². The zero-order chi connectivity index (χ0) is 30.6. The molecule has 1 amide bonds. The summed E-state index contributed by atoms with van der Waals surface area (Å²) < 4.78 is 5.27. The van der Waals surface area contributed by atoms with Crippen molar-refractivity contribution in [2.45, 2.75) is 63.8 Å². The average molecular weight is 568 g/mol. The molecule has 0 spiro atoms. The first-order valence-electron chi connectivity index (χ1n) is 12.9. The van der Waals surface area contributed by atoms with Crippen molar-refractivity contribution in [3.63, 3.8) is 0 Å². The Hall–Kier alpha value is -4.19. The summed E-state index contributed by atoms with van der Waals surface area (Å²) in [6.07, 6.45) is 2.00. The number of methoxy groups -OCH3 is 1. The second-order valence-corrected chi connectivity index (χ2v) is 10.8. The Labute approximate surface area is 235 Å². The Balaban J connectivity index is 2.07. The minimum Gasteiger partial charge on any atom is -0.508 e. The molecule has 218 valence electrons. The number of hydrogen-bond acceptors (Lipinski definition) is 10. The quantitative estimate of drug-likeness (QED) is 0.192. The molecule has 0 heterocycles. The van der Waals surface area contributed by atoms with E-state index >= 15 is 0 Å². The number of amides is 1. The maximum Gasteiger partial charge on any atom is 0.255 e. The molecule has 0 unspecified atom stereocenters. The molecule has 2 aliphatic carbocycles. The van der Waals surface area contributed by atoms with Crippen LogP contribution in [0, 0.1) is 0 Å². The number of carbonyl (C=O) groups excluding carboxylic acids is 3. The molecule has 0 aliphatic heterocycles. The smallest absolute Gasteiger partial charge is 0.255 e. The number of rotatable bonds is 7. The number of aliphatic hydroxyl groups excluding tert-OH is 2. The van der Waals surface area contributed by atoms with Crippen LogP contribution in [0.2, 0.25) is 0 Å². The summed E-state index contributed by atoms with van der Waals surface area (Å²) in [7, 11) is 1.35. The first-order valence-corrected chi connectivity index (χ1v) is 12.9. The number of phenolic OH excluding ortho intramolecular Hbond substituents is 2. The maximum atomic E-state index is 13.9. The molecular weight excluding hydrogens is 534 g/mol. The molecule has 0 saturated heterocycles. The van der Waals surface area contributed by atoms with Crippen LogP contribution in [0.5, 0.6) is 17.2 Å². The molecule has 0 radical (unpaired) electrons. The lowest BCUT2D eigenvalue weighted by molar-refractivity contribution is -0.193. The van der Waals surface area contributed by atoms with Crippen LogP contribution in [0.3, 0.4) is 0 Å². The highest BCUT2D eigenvalue weighted by Gasteiger charge is 2.70. The number of aliphatic hydroxyl groups is 4. The molecule has 41 heavy (non-hydrogen) atoms. The van der Waals surface area contributed by atoms with Gasteiger partial charge < -0.3 is 41.1 Å². The minimum atomic E-state index is -3.42. The molecule has 0 fully saturated rings. The normalized spacial score (nSPS) is 24.3. The molecule has 2 aromatic rings. The van der Waals surface area contributed by atoms with Gasteiger partial charge in [0.15, 0.2) is 11.5 Å². The third kappa shape index (κ3) is 4.37. The van der Waals surface area contributed by atoms with E-state index in [9.17, 15) is 45.0 Å². The topological polar surface area (TPSA) is 208 Å². The fourth-order valence-electron chi connectivity index (χ4n) is 5.72. The molecule has 2 aliphatic rings. The minimum absolute atomic E-state index is 0.0352. The van der Waals surface area contributed by atoms with E-state index in [1.807, 2.05) is 26.8 Å². The first kappa shape index (κ1) is 29.8. The third-order valence-electron chi connectivity index (χ3n) is 7.91. The van der Waals surface area contributed by atoms with Crippen LogP contribution in [0.15, 0.2) is 46.8 Å². The summed E-state index contributed by atoms with van der Waals surface area (Å²) in [4.78, 5) is 38.6. The lowest BCUT2D eigenvalue weighted by atomic mass is 9.59. The van der Waals surface area contributed by atoms with Gasteiger partial charge in [-0.25, -0.2) is 0 Å². The van der Waals surface area contributed by atoms with Crippen molar-refractivity contribution in [2.24, 2.45) is 5.73 Å². The fraction of sp³-hybridized carbons (Fsp3) is 0.367. The van der Waals surface area contributed by atoms with Crippen molar-refractivity contribution in [3.8, 4) is 17.2 Å². The van der Waals surface area contributed by atoms with Gasteiger partial charge in [0.05, 0.1) is 18.1 Å². The zero-order valence-corrected chi connectivity index (χ0v) is 23.1. The third-order valence-corrected chi connectivity index (χ3v) is 7.91. The molecule has 11 heteroatoms. The zero-order valence-electron chi connectivity index (χ0n) is 23.1. The van der Waals surface area contributed by atoms with Crippen LogP contribution in [0.25, 0.3) is 10.8 Å². The SMILES string of the molecule is COc1cc(O)c2c(O)c3c(c(CC=C(C)CCC=C(C)C)c2c1)[C@H](O)[C@@]1(O)CC(=O)C(C(N)=O)=C(O)[C@@]1(O)C3=O. The average Bonchev–Trinajstić information content (AvgIpc) is 2.88. The van der Waals surface area contributed by atoms with Gasteiger partial charge in [0.1, 0.15) is 34.5 Å². The second-order valence-electron chi connectivity index (χ2n) is 10.8. The Kier molecular flexibility index (Phi) is 7.50. The van der Waals surface area contributed by atoms with Gasteiger partial charge >= 0.3 is 0 Å². The van der Waals surface area contributed by atoms with Crippen LogP contribution in [0.4, 0.5) is 0 Å². The molecule has 4 rings (SSSR count). The molecule has 11 nitrogen and oxygen atoms in total. The van der Waals surface area contributed by atoms with Gasteiger partial charge in [-0.1, -0.05) is 23.3 Å². The van der Waals surface area contributed by atoms with Gasteiger partial charge in [-0.15, -0.1) is 0 Å². The molecule has 0 bridgehead atoms. The highest BCUT2D eigenvalue weighted by Crippen LogP contribution is 2.56. The number of Topliss-reactive ketones (excluding diaryl/α,β-unsaturated/α-hetero) is 2. The van der Waals surface area contributed by atoms with E-state index in [4.69, 9.17) is 10.5 Å². The highest BCUT2D eigenvalue weighted by molar-refractivity contribution is 6.24. The summed E-state index contributed by atoms with van der Waals surface area (Å²) in [5.74, 6) is -6.84. The van der Waals surface area contributed by atoms with Crippen molar-refractivity contribution in [3.05, 3.63) is 63.5 Å². The number of nitrogens with two attached hydrogens (primary N) is 1. The number of ether oxygens (including phenoxy) is 1. The number of benzene rings is 2. The van der Waals surface area contributed by atoms with Crippen molar-refractivity contribution < 1.29 is 49.8 Å². The first-order chi connectivity index (χ1) is 19.1. The summed E-state index contributed by atoms with van der Waals surface area (Å²) in [6, 6.07) is 2.66. The van der Waals surface area contributed by atoms with Crippen molar-refractivity contribution in [2.75, 3.05) is 7.11 Å². The van der Waals surface area contributed by atoms with Crippen LogP contribution in [-0.4, -0.2) is 66.4 Å². The molecule has 8 N–H and O–H groups in total.